The first-order valence-electron chi connectivity index (χ1n) is 10.6. The van der Waals surface area contributed by atoms with E-state index in [0.29, 0.717) is 17.9 Å². The highest BCUT2D eigenvalue weighted by molar-refractivity contribution is 6.04. The van der Waals surface area contributed by atoms with Gasteiger partial charge in [-0.1, -0.05) is 61.9 Å². The number of H-pyrrole nitrogens is 1. The van der Waals surface area contributed by atoms with Gasteiger partial charge in [-0.3, -0.25) is 4.79 Å². The molecule has 0 bridgehead atoms. The van der Waals surface area contributed by atoms with Crippen molar-refractivity contribution < 1.29 is 9.94 Å². The fraction of sp³-hybridized carbons (Fsp3) is 0.208. The van der Waals surface area contributed by atoms with Gasteiger partial charge in [0.1, 0.15) is 5.65 Å². The Bertz CT molecular complexity index is 1350. The smallest absolute Gasteiger partial charge is 0.280 e. The van der Waals surface area contributed by atoms with Crippen LogP contribution in [0.4, 0.5) is 0 Å². The Hall–Kier alpha value is -3.75. The maximum Gasteiger partial charge on any atom is 0.280 e. The number of aromatic amines is 1. The molecule has 1 atom stereocenters. The minimum atomic E-state index is -1.21. The van der Waals surface area contributed by atoms with Crippen molar-refractivity contribution in [1.29, 1.82) is 0 Å². The van der Waals surface area contributed by atoms with Gasteiger partial charge in [-0.25, -0.2) is 19.8 Å². The zero-order valence-electron chi connectivity index (χ0n) is 17.6. The van der Waals surface area contributed by atoms with Crippen LogP contribution in [0.5, 0.6) is 0 Å². The number of aryl methyl sites for hydroxylation is 1. The first kappa shape index (κ1) is 20.2. The van der Waals surface area contributed by atoms with E-state index in [1.54, 1.807) is 6.20 Å². The van der Waals surface area contributed by atoms with Crippen LogP contribution >= 0.6 is 0 Å². The molecule has 3 heterocycles. The van der Waals surface area contributed by atoms with Crippen molar-refractivity contribution in [1.82, 2.24) is 20.1 Å². The average molecular weight is 429 g/mol. The number of hydroxylamine groups is 1. The van der Waals surface area contributed by atoms with E-state index in [-0.39, 0.29) is 5.56 Å². The summed E-state index contributed by atoms with van der Waals surface area (Å²) < 4.78 is 1.83. The molecule has 1 aliphatic heterocycles. The number of aromatic nitrogens is 3. The Morgan fingerprint density at radius 1 is 1.09 bits per heavy atom. The summed E-state index contributed by atoms with van der Waals surface area (Å²) in [5.41, 5.74) is 8.85. The largest absolute Gasteiger partial charge is 0.348 e. The van der Waals surface area contributed by atoms with Crippen LogP contribution in [0.1, 0.15) is 35.7 Å². The van der Waals surface area contributed by atoms with Crippen LogP contribution in [0.2, 0.25) is 0 Å². The van der Waals surface area contributed by atoms with Crippen LogP contribution in [-0.2, 0) is 17.7 Å². The minimum Gasteiger partial charge on any atom is -0.348 e. The van der Waals surface area contributed by atoms with Crippen molar-refractivity contribution in [2.45, 2.75) is 32.6 Å². The van der Waals surface area contributed by atoms with E-state index in [1.807, 2.05) is 59.1 Å². The maximum absolute atomic E-state index is 12.8. The Morgan fingerprint density at radius 3 is 2.59 bits per heavy atom. The second-order valence-corrected chi connectivity index (χ2v) is 7.70. The maximum atomic E-state index is 12.8. The molecule has 5 rings (SSSR count). The minimum absolute atomic E-state index is 0.0697. The predicted octanol–water partition coefficient (Wildman–Crippen LogP) is 2.79. The number of nitrogens with zero attached hydrogens (tertiary/aromatic N) is 3. The second kappa shape index (κ2) is 8.41. The molecule has 2 aromatic heterocycles. The molecule has 32 heavy (non-hydrogen) atoms. The summed E-state index contributed by atoms with van der Waals surface area (Å²) in [4.78, 5) is 24.7. The molecule has 1 aliphatic rings. The Morgan fingerprint density at radius 2 is 1.88 bits per heavy atom. The van der Waals surface area contributed by atoms with Gasteiger partial charge < -0.3 is 10.1 Å². The molecule has 0 spiro atoms. The molecule has 2 aromatic carbocycles. The van der Waals surface area contributed by atoms with Crippen molar-refractivity contribution in [2.75, 3.05) is 0 Å². The van der Waals surface area contributed by atoms with Gasteiger partial charge in [0.2, 0.25) is 0 Å². The molecule has 0 fully saturated rings. The van der Waals surface area contributed by atoms with Crippen molar-refractivity contribution in [3.8, 4) is 11.1 Å². The Kier molecular flexibility index (Phi) is 5.30. The molecule has 0 aliphatic carbocycles. The quantitative estimate of drug-likeness (QED) is 0.437. The van der Waals surface area contributed by atoms with Gasteiger partial charge in [0.05, 0.1) is 11.9 Å². The van der Waals surface area contributed by atoms with E-state index in [1.165, 1.54) is 0 Å². The molecule has 162 valence electrons. The fourth-order valence-corrected chi connectivity index (χ4v) is 4.08. The Labute approximate surface area is 184 Å². The molecule has 8 heteroatoms. The lowest BCUT2D eigenvalue weighted by molar-refractivity contribution is -0.102. The number of aliphatic hydroxyl groups is 1. The highest BCUT2D eigenvalue weighted by Crippen LogP contribution is 2.26. The monoisotopic (exact) mass is 429 g/mol. The molecule has 8 nitrogen and oxygen atoms in total. The highest BCUT2D eigenvalue weighted by atomic mass is 16.7. The van der Waals surface area contributed by atoms with Crippen LogP contribution in [-0.4, -0.2) is 32.0 Å². The molecular formula is C24H23N5O3. The summed E-state index contributed by atoms with van der Waals surface area (Å²) in [5.74, 6) is 0.487. The van der Waals surface area contributed by atoms with Crippen molar-refractivity contribution in [3.63, 3.8) is 0 Å². The zero-order valence-corrected chi connectivity index (χ0v) is 17.6. The van der Waals surface area contributed by atoms with E-state index in [4.69, 9.17) is 4.84 Å². The fourth-order valence-electron chi connectivity index (χ4n) is 4.08. The third-order valence-corrected chi connectivity index (χ3v) is 5.58. The normalized spacial score (nSPS) is 15.7. The lowest BCUT2D eigenvalue weighted by Crippen LogP contribution is -2.20. The number of nitrogens with one attached hydrogen (secondary N) is 2. The molecule has 4 aromatic rings. The van der Waals surface area contributed by atoms with Gasteiger partial charge in [0, 0.05) is 23.6 Å². The van der Waals surface area contributed by atoms with E-state index >= 15 is 0 Å². The van der Waals surface area contributed by atoms with Crippen LogP contribution in [0.15, 0.2) is 70.6 Å². The predicted molar refractivity (Wildman–Crippen MR) is 121 cm³/mol. The van der Waals surface area contributed by atoms with Crippen molar-refractivity contribution in [3.05, 3.63) is 93.5 Å². The summed E-state index contributed by atoms with van der Waals surface area (Å²) in [6.07, 6.45) is 2.73. The zero-order chi connectivity index (χ0) is 22.1. The topological polar surface area (TPSA) is 104 Å². The van der Waals surface area contributed by atoms with Crippen LogP contribution in [0.25, 0.3) is 16.8 Å². The van der Waals surface area contributed by atoms with Gasteiger partial charge in [-0.05, 0) is 23.1 Å². The molecule has 0 saturated heterocycles. The van der Waals surface area contributed by atoms with Crippen molar-refractivity contribution in [2.24, 2.45) is 4.99 Å². The van der Waals surface area contributed by atoms with Gasteiger partial charge in [0.25, 0.3) is 12.0 Å². The van der Waals surface area contributed by atoms with Crippen LogP contribution in [0, 0.1) is 0 Å². The Balaban J connectivity index is 1.48. The number of fused-ring (bicyclic) bond motifs is 1. The molecule has 0 saturated carbocycles. The molecule has 3 N–H and O–H groups in total. The first-order chi connectivity index (χ1) is 15.6. The molecule has 0 radical (unpaired) electrons. The van der Waals surface area contributed by atoms with Gasteiger partial charge in [-0.2, -0.15) is 5.10 Å². The van der Waals surface area contributed by atoms with E-state index in [9.17, 15) is 9.90 Å². The number of benzene rings is 2. The SMILES string of the molecule is CCCc1c(Cc2ccc(-c3ccccc3C3=NC(O)ON3)cc2)c(=O)[nH]c2ccnn12. The summed E-state index contributed by atoms with van der Waals surface area (Å²) in [6, 6.07) is 17.7. The summed E-state index contributed by atoms with van der Waals surface area (Å²) >= 11 is 0. The number of aliphatic imine (C=N–C) groups is 1. The van der Waals surface area contributed by atoms with E-state index in [2.05, 4.69) is 27.5 Å². The van der Waals surface area contributed by atoms with Crippen LogP contribution < -0.4 is 11.0 Å². The van der Waals surface area contributed by atoms with Crippen molar-refractivity contribution >= 4 is 11.5 Å². The molecule has 1 unspecified atom stereocenters. The number of amidine groups is 1. The standard InChI is InChI=1S/C24H23N5O3/c1-2-5-20-19(23(30)26-21-12-13-25-29(20)21)14-15-8-10-16(11-9-15)17-6-3-4-7-18(17)22-27-24(31)32-28-22/h3-4,6-13,24,31H,2,5,14H2,1H3,(H,26,30)(H,27,28). The van der Waals surface area contributed by atoms with Gasteiger partial charge in [-0.15, -0.1) is 0 Å². The molecule has 0 amide bonds. The highest BCUT2D eigenvalue weighted by Gasteiger charge is 2.19. The third-order valence-electron chi connectivity index (χ3n) is 5.58. The third kappa shape index (κ3) is 3.70. The molecular weight excluding hydrogens is 406 g/mol. The lowest BCUT2D eigenvalue weighted by atomic mass is 9.96. The number of hydrogen-bond acceptors (Lipinski definition) is 6. The average Bonchev–Trinajstić information content (AvgIpc) is 3.45. The number of hydrogen-bond donors (Lipinski definition) is 3. The number of rotatable bonds is 6. The van der Waals surface area contributed by atoms with Gasteiger partial charge in [0.15, 0.2) is 5.84 Å². The van der Waals surface area contributed by atoms with Crippen LogP contribution in [0.3, 0.4) is 0 Å². The van der Waals surface area contributed by atoms with E-state index < -0.39 is 6.41 Å². The van der Waals surface area contributed by atoms with E-state index in [0.717, 1.165) is 46.4 Å². The summed E-state index contributed by atoms with van der Waals surface area (Å²) in [7, 11) is 0. The first-order valence-corrected chi connectivity index (χ1v) is 10.6. The second-order valence-electron chi connectivity index (χ2n) is 7.70. The van der Waals surface area contributed by atoms with Gasteiger partial charge >= 0.3 is 0 Å². The number of aliphatic hydroxyl groups excluding tert-OH is 1. The summed E-state index contributed by atoms with van der Waals surface area (Å²) in [5, 5.41) is 13.9. The lowest BCUT2D eigenvalue weighted by Gasteiger charge is -2.12. The summed E-state index contributed by atoms with van der Waals surface area (Å²) in [6.45, 7) is 2.10.